The number of aliphatic hydroxyl groups is 1. The summed E-state index contributed by atoms with van der Waals surface area (Å²) in [5, 5.41) is 14.0. The summed E-state index contributed by atoms with van der Waals surface area (Å²) in [7, 11) is 0. The molecule has 2 aromatic carbocycles. The van der Waals surface area contributed by atoms with Crippen molar-refractivity contribution < 1.29 is 19.1 Å². The Morgan fingerprint density at radius 3 is 2.36 bits per heavy atom. The van der Waals surface area contributed by atoms with E-state index in [1.807, 2.05) is 0 Å². The molecule has 130 valence electrons. The summed E-state index contributed by atoms with van der Waals surface area (Å²) in [5.74, 6) is -1.30. The lowest BCUT2D eigenvalue weighted by molar-refractivity contribution is -0.117. The highest BCUT2D eigenvalue weighted by Crippen LogP contribution is 2.09. The summed E-state index contributed by atoms with van der Waals surface area (Å²) in [4.78, 5) is 24.6. The van der Waals surface area contributed by atoms with Gasteiger partial charge in [-0.1, -0.05) is 30.3 Å². The van der Waals surface area contributed by atoms with Crippen LogP contribution in [0.5, 0.6) is 0 Å². The maximum atomic E-state index is 13.0. The molecule has 2 aromatic rings. The predicted molar refractivity (Wildman–Crippen MR) is 93.0 cm³/mol. The quantitative estimate of drug-likeness (QED) is 0.533. The molecule has 0 saturated heterocycles. The molecule has 0 aliphatic heterocycles. The Balaban J connectivity index is 2.20. The molecule has 0 heterocycles. The van der Waals surface area contributed by atoms with Gasteiger partial charge in [0.1, 0.15) is 11.5 Å². The largest absolute Gasteiger partial charge is 0.396 e. The van der Waals surface area contributed by atoms with Crippen molar-refractivity contribution >= 4 is 17.9 Å². The van der Waals surface area contributed by atoms with Crippen molar-refractivity contribution in [1.29, 1.82) is 0 Å². The number of hydrogen-bond acceptors (Lipinski definition) is 3. The zero-order valence-corrected chi connectivity index (χ0v) is 13.5. The molecule has 6 heteroatoms. The lowest BCUT2D eigenvalue weighted by Gasteiger charge is -2.11. The van der Waals surface area contributed by atoms with Gasteiger partial charge < -0.3 is 15.7 Å². The molecule has 0 aromatic heterocycles. The van der Waals surface area contributed by atoms with Gasteiger partial charge in [-0.25, -0.2) is 4.39 Å². The van der Waals surface area contributed by atoms with Crippen LogP contribution in [0.4, 0.5) is 4.39 Å². The van der Waals surface area contributed by atoms with Crippen molar-refractivity contribution in [3.8, 4) is 0 Å². The predicted octanol–water partition coefficient (Wildman–Crippen LogP) is 2.10. The summed E-state index contributed by atoms with van der Waals surface area (Å²) >= 11 is 0. The summed E-state index contributed by atoms with van der Waals surface area (Å²) in [6, 6.07) is 14.0. The topological polar surface area (TPSA) is 78.4 Å². The van der Waals surface area contributed by atoms with Crippen LogP contribution in [0.3, 0.4) is 0 Å². The van der Waals surface area contributed by atoms with Crippen molar-refractivity contribution in [3.05, 3.63) is 77.2 Å². The molecular formula is C19H19FN2O3. The van der Waals surface area contributed by atoms with Crippen LogP contribution in [0.1, 0.15) is 22.3 Å². The fourth-order valence-corrected chi connectivity index (χ4v) is 2.04. The Labute approximate surface area is 145 Å². The molecule has 0 aliphatic rings. The van der Waals surface area contributed by atoms with E-state index < -0.39 is 11.8 Å². The smallest absolute Gasteiger partial charge is 0.267 e. The number of amides is 2. The third-order valence-electron chi connectivity index (χ3n) is 3.33. The molecule has 5 nitrogen and oxygen atoms in total. The van der Waals surface area contributed by atoms with E-state index in [0.29, 0.717) is 17.5 Å². The first-order valence-electron chi connectivity index (χ1n) is 7.83. The van der Waals surface area contributed by atoms with Gasteiger partial charge in [-0.05, 0) is 42.3 Å². The highest BCUT2D eigenvalue weighted by molar-refractivity contribution is 6.05. The lowest BCUT2D eigenvalue weighted by atomic mass is 10.1. The minimum Gasteiger partial charge on any atom is -0.396 e. The van der Waals surface area contributed by atoms with Gasteiger partial charge in [0.05, 0.1) is 0 Å². The summed E-state index contributed by atoms with van der Waals surface area (Å²) in [6.07, 6.45) is 1.87. The van der Waals surface area contributed by atoms with E-state index in [4.69, 9.17) is 5.11 Å². The van der Waals surface area contributed by atoms with Gasteiger partial charge in [0.25, 0.3) is 11.8 Å². The Kier molecular flexibility index (Phi) is 6.86. The van der Waals surface area contributed by atoms with E-state index in [9.17, 15) is 14.0 Å². The van der Waals surface area contributed by atoms with E-state index in [2.05, 4.69) is 10.6 Å². The molecule has 0 bridgehead atoms. The van der Waals surface area contributed by atoms with E-state index in [0.717, 1.165) is 0 Å². The monoisotopic (exact) mass is 342 g/mol. The zero-order chi connectivity index (χ0) is 18.1. The minimum atomic E-state index is -0.484. The average Bonchev–Trinajstić information content (AvgIpc) is 2.63. The minimum absolute atomic E-state index is 0.0402. The van der Waals surface area contributed by atoms with Crippen molar-refractivity contribution in [2.24, 2.45) is 0 Å². The van der Waals surface area contributed by atoms with Crippen LogP contribution in [-0.2, 0) is 4.79 Å². The van der Waals surface area contributed by atoms with Gasteiger partial charge in [-0.2, -0.15) is 0 Å². The van der Waals surface area contributed by atoms with Gasteiger partial charge in [-0.15, -0.1) is 0 Å². The van der Waals surface area contributed by atoms with E-state index in [1.54, 1.807) is 30.3 Å². The number of rotatable bonds is 7. The SMILES string of the molecule is O=C(NCCCO)C(=Cc1ccc(F)cc1)NC(=O)c1ccccc1. The summed E-state index contributed by atoms with van der Waals surface area (Å²) in [5.41, 5.74) is 1.02. The fraction of sp³-hybridized carbons (Fsp3) is 0.158. The van der Waals surface area contributed by atoms with Crippen molar-refractivity contribution in [2.45, 2.75) is 6.42 Å². The van der Waals surface area contributed by atoms with E-state index in [-0.39, 0.29) is 24.7 Å². The van der Waals surface area contributed by atoms with Crippen LogP contribution < -0.4 is 10.6 Å². The lowest BCUT2D eigenvalue weighted by Crippen LogP contribution is -2.35. The molecule has 0 fully saturated rings. The molecule has 0 atom stereocenters. The van der Waals surface area contributed by atoms with E-state index in [1.165, 1.54) is 30.3 Å². The molecule has 0 aliphatic carbocycles. The Morgan fingerprint density at radius 2 is 1.72 bits per heavy atom. The van der Waals surface area contributed by atoms with Gasteiger partial charge in [0, 0.05) is 18.7 Å². The Bertz CT molecular complexity index is 743. The molecule has 0 saturated carbocycles. The molecule has 0 spiro atoms. The molecular weight excluding hydrogens is 323 g/mol. The molecule has 25 heavy (non-hydrogen) atoms. The summed E-state index contributed by atoms with van der Waals surface area (Å²) in [6.45, 7) is 0.227. The summed E-state index contributed by atoms with van der Waals surface area (Å²) < 4.78 is 13.0. The molecule has 3 N–H and O–H groups in total. The first kappa shape index (κ1) is 18.4. The van der Waals surface area contributed by atoms with E-state index >= 15 is 0 Å². The van der Waals surface area contributed by atoms with Crippen LogP contribution in [-0.4, -0.2) is 30.1 Å². The maximum Gasteiger partial charge on any atom is 0.267 e. The second kappa shape index (κ2) is 9.34. The Morgan fingerprint density at radius 1 is 1.04 bits per heavy atom. The van der Waals surface area contributed by atoms with Crippen LogP contribution in [0.25, 0.3) is 6.08 Å². The third kappa shape index (κ3) is 5.86. The zero-order valence-electron chi connectivity index (χ0n) is 13.5. The molecule has 2 amide bonds. The third-order valence-corrected chi connectivity index (χ3v) is 3.33. The van der Waals surface area contributed by atoms with Crippen LogP contribution in [0.2, 0.25) is 0 Å². The second-order valence-electron chi connectivity index (χ2n) is 5.26. The average molecular weight is 342 g/mol. The van der Waals surface area contributed by atoms with Gasteiger partial charge >= 0.3 is 0 Å². The number of nitrogens with one attached hydrogen (secondary N) is 2. The Hall–Kier alpha value is -2.99. The highest BCUT2D eigenvalue weighted by atomic mass is 19.1. The van der Waals surface area contributed by atoms with Crippen LogP contribution >= 0.6 is 0 Å². The number of carbonyl (C=O) groups excluding carboxylic acids is 2. The molecule has 2 rings (SSSR count). The number of halogens is 1. The standard InChI is InChI=1S/C19H19FN2O3/c20-16-9-7-14(8-10-16)13-17(19(25)21-11-4-12-23)22-18(24)15-5-2-1-3-6-15/h1-3,5-10,13,23H,4,11-12H2,(H,21,25)(H,22,24). The van der Waals surface area contributed by atoms with Crippen molar-refractivity contribution in [2.75, 3.05) is 13.2 Å². The van der Waals surface area contributed by atoms with Crippen molar-refractivity contribution in [1.82, 2.24) is 10.6 Å². The molecule has 0 unspecified atom stereocenters. The molecule has 0 radical (unpaired) electrons. The second-order valence-corrected chi connectivity index (χ2v) is 5.26. The normalized spacial score (nSPS) is 11.0. The van der Waals surface area contributed by atoms with Crippen LogP contribution in [0.15, 0.2) is 60.3 Å². The van der Waals surface area contributed by atoms with Gasteiger partial charge in [-0.3, -0.25) is 9.59 Å². The maximum absolute atomic E-state index is 13.0. The first-order valence-corrected chi connectivity index (χ1v) is 7.83. The van der Waals surface area contributed by atoms with Crippen molar-refractivity contribution in [3.63, 3.8) is 0 Å². The van der Waals surface area contributed by atoms with Gasteiger partial charge in [0.2, 0.25) is 0 Å². The van der Waals surface area contributed by atoms with Crippen LogP contribution in [0, 0.1) is 5.82 Å². The highest BCUT2D eigenvalue weighted by Gasteiger charge is 2.14. The number of hydrogen-bond donors (Lipinski definition) is 3. The van der Waals surface area contributed by atoms with Gasteiger partial charge in [0.15, 0.2) is 0 Å². The number of carbonyl (C=O) groups is 2. The first-order chi connectivity index (χ1) is 12.1. The number of aliphatic hydroxyl groups excluding tert-OH is 1. The fourth-order valence-electron chi connectivity index (χ4n) is 2.04. The number of benzene rings is 2.